The molecule has 1 aliphatic rings. The van der Waals surface area contributed by atoms with E-state index in [-0.39, 0.29) is 19.1 Å². The Balaban J connectivity index is 1.52. The van der Waals surface area contributed by atoms with Crippen LogP contribution in [0.15, 0.2) is 42.5 Å². The lowest BCUT2D eigenvalue weighted by Crippen LogP contribution is -2.31. The molecule has 0 N–H and O–H groups in total. The van der Waals surface area contributed by atoms with Gasteiger partial charge in [-0.15, -0.1) is 23.5 Å². The molecule has 1 heterocycles. The summed E-state index contributed by atoms with van der Waals surface area (Å²) < 4.78 is 19.9. The number of ether oxygens (including phenoxy) is 1. The molecule has 0 aliphatic carbocycles. The molecule has 3 rings (SSSR count). The van der Waals surface area contributed by atoms with Crippen molar-refractivity contribution in [3.05, 3.63) is 64.4 Å². The maximum atomic E-state index is 13.9. The summed E-state index contributed by atoms with van der Waals surface area (Å²) >= 11 is 9.95. The molecule has 2 aromatic rings. The molecule has 0 saturated carbocycles. The Morgan fingerprint density at radius 2 is 1.93 bits per heavy atom. The molecule has 0 bridgehead atoms. The Labute approximate surface area is 172 Å². The highest BCUT2D eigenvalue weighted by atomic mass is 35.5. The third kappa shape index (κ3) is 5.56. The van der Waals surface area contributed by atoms with Gasteiger partial charge in [-0.1, -0.05) is 29.8 Å². The molecular weight excluding hydrogens is 405 g/mol. The summed E-state index contributed by atoms with van der Waals surface area (Å²) in [7, 11) is 1.61. The molecule has 27 heavy (non-hydrogen) atoms. The van der Waals surface area contributed by atoms with E-state index in [4.69, 9.17) is 16.3 Å². The predicted octanol–water partition coefficient (Wildman–Crippen LogP) is 5.39. The van der Waals surface area contributed by atoms with Gasteiger partial charge in [0.15, 0.2) is 6.61 Å². The zero-order chi connectivity index (χ0) is 19.2. The van der Waals surface area contributed by atoms with Crippen LogP contribution in [0, 0.1) is 5.82 Å². The highest BCUT2D eigenvalue weighted by Crippen LogP contribution is 2.43. The lowest BCUT2D eigenvalue weighted by molar-refractivity contribution is -0.132. The number of likely N-dealkylation sites (N-methyl/N-ethyl adjacent to an activating group) is 1. The number of carbonyl (C=O) groups excluding carboxylic acids is 1. The molecule has 1 amide bonds. The summed E-state index contributed by atoms with van der Waals surface area (Å²) in [6.07, 6.45) is 1.26. The number of thioether (sulfide) groups is 2. The van der Waals surface area contributed by atoms with Crippen LogP contribution in [0.1, 0.15) is 22.1 Å². The number of halogens is 2. The Kier molecular flexibility index (Phi) is 7.33. The summed E-state index contributed by atoms with van der Waals surface area (Å²) in [4.78, 5) is 13.7. The third-order valence-electron chi connectivity index (χ3n) is 4.22. The van der Waals surface area contributed by atoms with Crippen LogP contribution >= 0.6 is 35.1 Å². The van der Waals surface area contributed by atoms with Gasteiger partial charge in [0, 0.05) is 24.2 Å². The van der Waals surface area contributed by atoms with Crippen molar-refractivity contribution >= 4 is 41.0 Å². The van der Waals surface area contributed by atoms with Gasteiger partial charge in [-0.05, 0) is 47.8 Å². The van der Waals surface area contributed by atoms with E-state index in [0.717, 1.165) is 0 Å². The number of benzene rings is 2. The van der Waals surface area contributed by atoms with Crippen LogP contribution in [0.25, 0.3) is 0 Å². The molecule has 1 fully saturated rings. The van der Waals surface area contributed by atoms with E-state index < -0.39 is 5.82 Å². The molecule has 0 atom stereocenters. The SMILES string of the molecule is CN(Cc1c(F)cccc1Cl)C(=O)COc1ccc(C2SCCCS2)cc1. The minimum Gasteiger partial charge on any atom is -0.484 e. The van der Waals surface area contributed by atoms with Crippen molar-refractivity contribution in [1.29, 1.82) is 0 Å². The lowest BCUT2D eigenvalue weighted by atomic mass is 10.2. The Bertz CT molecular complexity index is 762. The number of carbonyl (C=O) groups is 1. The Morgan fingerprint density at radius 3 is 2.59 bits per heavy atom. The van der Waals surface area contributed by atoms with Gasteiger partial charge in [0.1, 0.15) is 11.6 Å². The van der Waals surface area contributed by atoms with Gasteiger partial charge in [0.05, 0.1) is 4.58 Å². The second-order valence-corrected chi connectivity index (χ2v) is 9.37. The maximum Gasteiger partial charge on any atom is 0.260 e. The number of rotatable bonds is 6. The van der Waals surface area contributed by atoms with Gasteiger partial charge >= 0.3 is 0 Å². The van der Waals surface area contributed by atoms with Gasteiger partial charge in [-0.3, -0.25) is 4.79 Å². The average Bonchev–Trinajstić information content (AvgIpc) is 2.70. The van der Waals surface area contributed by atoms with Crippen molar-refractivity contribution in [2.75, 3.05) is 25.2 Å². The van der Waals surface area contributed by atoms with Gasteiger partial charge in [-0.2, -0.15) is 0 Å². The number of hydrogen-bond donors (Lipinski definition) is 0. The smallest absolute Gasteiger partial charge is 0.260 e. The van der Waals surface area contributed by atoms with Crippen LogP contribution in [-0.4, -0.2) is 36.0 Å². The molecule has 2 aromatic carbocycles. The molecular formula is C20H21ClFNO2S2. The van der Waals surface area contributed by atoms with Crippen LogP contribution in [0.5, 0.6) is 5.75 Å². The molecule has 1 aliphatic heterocycles. The van der Waals surface area contributed by atoms with Crippen molar-refractivity contribution in [3.8, 4) is 5.75 Å². The Hall–Kier alpha value is -1.37. The first-order valence-corrected chi connectivity index (χ1v) is 11.1. The van der Waals surface area contributed by atoms with Crippen molar-refractivity contribution in [1.82, 2.24) is 4.90 Å². The fourth-order valence-corrected chi connectivity index (χ4v) is 5.78. The maximum absolute atomic E-state index is 13.9. The van der Waals surface area contributed by atoms with Crippen molar-refractivity contribution in [3.63, 3.8) is 0 Å². The van der Waals surface area contributed by atoms with Gasteiger partial charge in [0.25, 0.3) is 5.91 Å². The molecule has 7 heteroatoms. The number of nitrogens with zero attached hydrogens (tertiary/aromatic N) is 1. The molecule has 3 nitrogen and oxygen atoms in total. The van der Waals surface area contributed by atoms with E-state index in [2.05, 4.69) is 12.1 Å². The summed E-state index contributed by atoms with van der Waals surface area (Å²) in [5, 5.41) is 0.310. The van der Waals surface area contributed by atoms with E-state index in [0.29, 0.717) is 20.9 Å². The van der Waals surface area contributed by atoms with Gasteiger partial charge in [0.2, 0.25) is 0 Å². The molecule has 0 aromatic heterocycles. The summed E-state index contributed by atoms with van der Waals surface area (Å²) in [6, 6.07) is 12.4. The first-order valence-electron chi connectivity index (χ1n) is 8.67. The monoisotopic (exact) mass is 425 g/mol. The first kappa shape index (κ1) is 20.4. The first-order chi connectivity index (χ1) is 13.0. The molecule has 1 saturated heterocycles. The number of hydrogen-bond acceptors (Lipinski definition) is 4. The quantitative estimate of drug-likeness (QED) is 0.621. The highest BCUT2D eigenvalue weighted by molar-refractivity contribution is 8.16. The lowest BCUT2D eigenvalue weighted by Gasteiger charge is -2.21. The van der Waals surface area contributed by atoms with E-state index in [1.807, 2.05) is 35.7 Å². The summed E-state index contributed by atoms with van der Waals surface area (Å²) in [6.45, 7) is -0.00237. The van der Waals surface area contributed by atoms with Crippen molar-refractivity contribution < 1.29 is 13.9 Å². The van der Waals surface area contributed by atoms with Crippen LogP contribution in [0.2, 0.25) is 5.02 Å². The van der Waals surface area contributed by atoms with Crippen molar-refractivity contribution in [2.24, 2.45) is 0 Å². The van der Waals surface area contributed by atoms with Crippen LogP contribution < -0.4 is 4.74 Å². The van der Waals surface area contributed by atoms with Crippen LogP contribution in [0.3, 0.4) is 0 Å². The van der Waals surface area contributed by atoms with E-state index in [1.165, 1.54) is 34.5 Å². The fourth-order valence-electron chi connectivity index (χ4n) is 2.67. The van der Waals surface area contributed by atoms with Crippen LogP contribution in [-0.2, 0) is 11.3 Å². The van der Waals surface area contributed by atoms with Gasteiger partial charge in [-0.25, -0.2) is 4.39 Å². The zero-order valence-electron chi connectivity index (χ0n) is 15.0. The summed E-state index contributed by atoms with van der Waals surface area (Å²) in [5.41, 5.74) is 1.58. The summed E-state index contributed by atoms with van der Waals surface area (Å²) in [5.74, 6) is 2.38. The topological polar surface area (TPSA) is 29.5 Å². The second kappa shape index (κ2) is 9.71. The van der Waals surface area contributed by atoms with E-state index in [1.54, 1.807) is 19.2 Å². The number of amides is 1. The predicted molar refractivity (Wildman–Crippen MR) is 112 cm³/mol. The normalized spacial score (nSPS) is 14.8. The fraction of sp³-hybridized carbons (Fsp3) is 0.350. The Morgan fingerprint density at radius 1 is 1.22 bits per heavy atom. The third-order valence-corrected chi connectivity index (χ3v) is 7.59. The zero-order valence-corrected chi connectivity index (χ0v) is 17.4. The second-order valence-electron chi connectivity index (χ2n) is 6.23. The van der Waals surface area contributed by atoms with E-state index in [9.17, 15) is 9.18 Å². The molecule has 144 valence electrons. The minimum atomic E-state index is -0.419. The molecule has 0 spiro atoms. The van der Waals surface area contributed by atoms with Gasteiger partial charge < -0.3 is 9.64 Å². The molecule has 0 unspecified atom stereocenters. The largest absolute Gasteiger partial charge is 0.484 e. The average molecular weight is 426 g/mol. The minimum absolute atomic E-state index is 0.1000. The standard InChI is InChI=1S/C20H21ClFNO2S2/c1-23(12-16-17(21)4-2-5-18(16)22)19(24)13-25-15-8-6-14(7-9-15)20-26-10-3-11-27-20/h2,4-9,20H,3,10-13H2,1H3. The molecule has 0 radical (unpaired) electrons. The highest BCUT2D eigenvalue weighted by Gasteiger charge is 2.17. The van der Waals surface area contributed by atoms with Crippen molar-refractivity contribution in [2.45, 2.75) is 17.5 Å². The van der Waals surface area contributed by atoms with E-state index >= 15 is 0 Å². The van der Waals surface area contributed by atoms with Crippen LogP contribution in [0.4, 0.5) is 4.39 Å².